The Labute approximate surface area is 193 Å². The Balaban J connectivity index is 1.46. The number of hydrogen-bond acceptors (Lipinski definition) is 4. The van der Waals surface area contributed by atoms with E-state index < -0.39 is 28.7 Å². The second-order valence-corrected chi connectivity index (χ2v) is 8.73. The average molecular weight is 474 g/mol. The van der Waals surface area contributed by atoms with Gasteiger partial charge in [0.05, 0.1) is 5.44 Å². The van der Waals surface area contributed by atoms with Gasteiger partial charge in [0.15, 0.2) is 0 Å². The minimum Gasteiger partial charge on any atom is -0.346 e. The van der Waals surface area contributed by atoms with Crippen molar-refractivity contribution < 1.29 is 28.0 Å². The first kappa shape index (κ1) is 22.9. The van der Waals surface area contributed by atoms with Crippen molar-refractivity contribution in [2.45, 2.75) is 37.3 Å². The van der Waals surface area contributed by atoms with Crippen molar-refractivity contribution in [1.82, 2.24) is 15.5 Å². The monoisotopic (exact) mass is 473 g/mol. The van der Waals surface area contributed by atoms with E-state index in [9.17, 15) is 28.0 Å². The standard InChI is InChI=1S/C22H19BClF2N3O4/c23-21(8-7-17(30)28-19(21)32)29-11-13-9-12(1-6-16(13)18(29)31)10-27-20(33)22(25,26)14-2-4-15(24)5-3-14/h1-6,9H,7-8,10-11,23H2,(H,27,33)(H,28,30,32)/t21-/m0/s1. The summed E-state index contributed by atoms with van der Waals surface area (Å²) >= 11 is 5.71. The topological polar surface area (TPSA) is 95.6 Å². The van der Waals surface area contributed by atoms with Crippen LogP contribution < -0.4 is 10.6 Å². The summed E-state index contributed by atoms with van der Waals surface area (Å²) in [4.78, 5) is 50.4. The smallest absolute Gasteiger partial charge is 0.346 e. The number of fused-ring (bicyclic) bond motifs is 1. The number of carbonyl (C=O) groups excluding carboxylic acids is 4. The molecule has 2 aromatic carbocycles. The van der Waals surface area contributed by atoms with Crippen LogP contribution in [0.1, 0.15) is 39.9 Å². The molecule has 170 valence electrons. The largest absolute Gasteiger partial charge is 0.349 e. The van der Waals surface area contributed by atoms with E-state index in [1.807, 2.05) is 0 Å². The first-order chi connectivity index (χ1) is 15.5. The first-order valence-electron chi connectivity index (χ1n) is 10.2. The Morgan fingerprint density at radius 3 is 2.55 bits per heavy atom. The number of carbonyl (C=O) groups is 4. The molecule has 0 bridgehead atoms. The molecule has 0 spiro atoms. The van der Waals surface area contributed by atoms with E-state index >= 15 is 0 Å². The van der Waals surface area contributed by atoms with E-state index in [0.29, 0.717) is 16.7 Å². The SMILES string of the molecule is B[C@]1(N2Cc3cc(CNC(=O)C(F)(F)c4ccc(Cl)cc4)ccc3C2=O)CCC(=O)NC1=O. The lowest BCUT2D eigenvalue weighted by molar-refractivity contribution is -0.147. The van der Waals surface area contributed by atoms with Crippen LogP contribution in [0.2, 0.25) is 5.02 Å². The Bertz CT molecular complexity index is 1170. The van der Waals surface area contributed by atoms with E-state index in [-0.39, 0.29) is 42.8 Å². The van der Waals surface area contributed by atoms with E-state index in [4.69, 9.17) is 11.6 Å². The highest BCUT2D eigenvalue weighted by atomic mass is 35.5. The quantitative estimate of drug-likeness (QED) is 0.508. The summed E-state index contributed by atoms with van der Waals surface area (Å²) in [6.07, 6.45) is 0.335. The Hall–Kier alpha value is -3.27. The summed E-state index contributed by atoms with van der Waals surface area (Å²) in [5.74, 6) is -6.46. The summed E-state index contributed by atoms with van der Waals surface area (Å²) in [7, 11) is 1.61. The van der Waals surface area contributed by atoms with Gasteiger partial charge in [-0.2, -0.15) is 8.78 Å². The van der Waals surface area contributed by atoms with Gasteiger partial charge in [0.2, 0.25) is 11.8 Å². The maximum absolute atomic E-state index is 14.5. The van der Waals surface area contributed by atoms with Crippen LogP contribution in [-0.2, 0) is 33.4 Å². The highest BCUT2D eigenvalue weighted by Crippen LogP contribution is 2.33. The molecule has 0 saturated carbocycles. The molecule has 1 saturated heterocycles. The molecule has 2 aliphatic rings. The summed E-state index contributed by atoms with van der Waals surface area (Å²) in [6, 6.07) is 9.50. The molecule has 2 heterocycles. The molecule has 1 atom stereocenters. The lowest BCUT2D eigenvalue weighted by Gasteiger charge is -2.39. The number of imide groups is 1. The number of amides is 4. The minimum atomic E-state index is -3.74. The zero-order valence-electron chi connectivity index (χ0n) is 17.6. The van der Waals surface area contributed by atoms with E-state index in [0.717, 1.165) is 12.1 Å². The molecular formula is C22H19BClF2N3O4. The van der Waals surface area contributed by atoms with Gasteiger partial charge in [-0.05, 0) is 35.7 Å². The molecule has 0 unspecified atom stereocenters. The fourth-order valence-electron chi connectivity index (χ4n) is 4.02. The highest BCUT2D eigenvalue weighted by Gasteiger charge is 2.48. The van der Waals surface area contributed by atoms with Crippen molar-refractivity contribution in [1.29, 1.82) is 0 Å². The first-order valence-corrected chi connectivity index (χ1v) is 10.6. The molecule has 4 amide bonds. The van der Waals surface area contributed by atoms with Crippen molar-refractivity contribution in [3.8, 4) is 0 Å². The molecule has 2 aromatic rings. The molecule has 4 rings (SSSR count). The normalized spacial score (nSPS) is 20.5. The van der Waals surface area contributed by atoms with Crippen LogP contribution in [0.4, 0.5) is 8.78 Å². The molecule has 2 N–H and O–H groups in total. The molecular weight excluding hydrogens is 455 g/mol. The highest BCUT2D eigenvalue weighted by molar-refractivity contribution is 6.32. The number of nitrogens with one attached hydrogen (secondary N) is 2. The molecule has 0 radical (unpaired) electrons. The van der Waals surface area contributed by atoms with Gasteiger partial charge in [-0.1, -0.05) is 35.9 Å². The summed E-state index contributed by atoms with van der Waals surface area (Å²) in [5, 5.41) is 4.78. The van der Waals surface area contributed by atoms with Gasteiger partial charge in [-0.15, -0.1) is 0 Å². The van der Waals surface area contributed by atoms with E-state index in [1.165, 1.54) is 17.0 Å². The molecule has 11 heteroatoms. The lowest BCUT2D eigenvalue weighted by Crippen LogP contribution is -2.63. The average Bonchev–Trinajstić information content (AvgIpc) is 3.11. The molecule has 2 aliphatic heterocycles. The summed E-state index contributed by atoms with van der Waals surface area (Å²) in [6.45, 7) is -0.0370. The van der Waals surface area contributed by atoms with Gasteiger partial charge in [-0.3, -0.25) is 24.5 Å². The van der Waals surface area contributed by atoms with Gasteiger partial charge >= 0.3 is 5.92 Å². The third-order valence-corrected chi connectivity index (χ3v) is 6.35. The Kier molecular flexibility index (Phi) is 5.73. The van der Waals surface area contributed by atoms with Gasteiger partial charge in [0.25, 0.3) is 11.8 Å². The van der Waals surface area contributed by atoms with Crippen LogP contribution in [0.3, 0.4) is 0 Å². The van der Waals surface area contributed by atoms with Crippen molar-refractivity contribution in [2.24, 2.45) is 0 Å². The van der Waals surface area contributed by atoms with Crippen LogP contribution in [0.15, 0.2) is 42.5 Å². The number of nitrogens with zero attached hydrogens (tertiary/aromatic N) is 1. The van der Waals surface area contributed by atoms with Crippen LogP contribution in [-0.4, -0.2) is 41.8 Å². The second-order valence-electron chi connectivity index (χ2n) is 8.30. The summed E-state index contributed by atoms with van der Waals surface area (Å²) < 4.78 is 28.9. The molecule has 1 fully saturated rings. The number of hydrogen-bond donors (Lipinski definition) is 2. The van der Waals surface area contributed by atoms with Gasteiger partial charge in [0, 0.05) is 35.7 Å². The predicted octanol–water partition coefficient (Wildman–Crippen LogP) is 1.47. The summed E-state index contributed by atoms with van der Waals surface area (Å²) in [5.41, 5.74) is -0.113. The van der Waals surface area contributed by atoms with Crippen molar-refractivity contribution in [2.75, 3.05) is 0 Å². The van der Waals surface area contributed by atoms with Gasteiger partial charge in [0.1, 0.15) is 7.85 Å². The molecule has 33 heavy (non-hydrogen) atoms. The number of rotatable bonds is 5. The second kappa shape index (κ2) is 8.26. The fourth-order valence-corrected chi connectivity index (χ4v) is 4.14. The van der Waals surface area contributed by atoms with Gasteiger partial charge < -0.3 is 10.2 Å². The Morgan fingerprint density at radius 1 is 1.18 bits per heavy atom. The van der Waals surface area contributed by atoms with Crippen LogP contribution in [0.5, 0.6) is 0 Å². The van der Waals surface area contributed by atoms with Crippen molar-refractivity contribution in [3.05, 3.63) is 69.7 Å². The van der Waals surface area contributed by atoms with Crippen LogP contribution in [0, 0.1) is 0 Å². The number of benzene rings is 2. The van der Waals surface area contributed by atoms with E-state index in [2.05, 4.69) is 10.6 Å². The van der Waals surface area contributed by atoms with E-state index in [1.54, 1.807) is 26.0 Å². The molecule has 0 aliphatic carbocycles. The number of halogens is 3. The molecule has 0 aromatic heterocycles. The fraction of sp³-hybridized carbons (Fsp3) is 0.273. The van der Waals surface area contributed by atoms with Crippen LogP contribution in [0.25, 0.3) is 0 Å². The predicted molar refractivity (Wildman–Crippen MR) is 117 cm³/mol. The van der Waals surface area contributed by atoms with Crippen molar-refractivity contribution in [3.63, 3.8) is 0 Å². The van der Waals surface area contributed by atoms with Crippen LogP contribution >= 0.6 is 11.6 Å². The third-order valence-electron chi connectivity index (χ3n) is 6.10. The van der Waals surface area contributed by atoms with Crippen molar-refractivity contribution >= 4 is 43.1 Å². The van der Waals surface area contributed by atoms with Gasteiger partial charge in [-0.25, -0.2) is 0 Å². The number of alkyl halides is 2. The third kappa shape index (κ3) is 4.10. The number of piperidine rings is 1. The zero-order valence-corrected chi connectivity index (χ0v) is 18.3. The minimum absolute atomic E-state index is 0.126. The molecule has 7 nitrogen and oxygen atoms in total. The maximum atomic E-state index is 14.5. The maximum Gasteiger partial charge on any atom is 0.349 e. The zero-order chi connectivity index (χ0) is 24.0. The lowest BCUT2D eigenvalue weighted by atomic mass is 9.70. The Morgan fingerprint density at radius 2 is 1.88 bits per heavy atom.